The van der Waals surface area contributed by atoms with Crippen LogP contribution in [0.1, 0.15) is 52.7 Å². The summed E-state index contributed by atoms with van der Waals surface area (Å²) in [5.74, 6) is 0.198. The first kappa shape index (κ1) is 23.3. The third-order valence-corrected chi connectivity index (χ3v) is 7.81. The Balaban J connectivity index is 1.28. The second kappa shape index (κ2) is 11.8. The molecule has 0 aliphatic rings. The molecule has 4 rings (SSSR count). The first-order valence-electron chi connectivity index (χ1n) is 11.5. The highest BCUT2D eigenvalue weighted by Gasteiger charge is 2.09. The van der Waals surface area contributed by atoms with Crippen molar-refractivity contribution in [3.05, 3.63) is 94.2 Å². The van der Waals surface area contributed by atoms with Crippen molar-refractivity contribution in [1.29, 1.82) is 0 Å². The van der Waals surface area contributed by atoms with Gasteiger partial charge in [0, 0.05) is 31.7 Å². The summed E-state index contributed by atoms with van der Waals surface area (Å²) in [5, 5.41) is 3.45. The normalized spacial score (nSPS) is 10.8. The number of para-hydroxylation sites is 1. The molecule has 0 aliphatic heterocycles. The van der Waals surface area contributed by atoms with Gasteiger partial charge in [0.25, 0.3) is 0 Å². The Kier molecular flexibility index (Phi) is 8.34. The van der Waals surface area contributed by atoms with E-state index in [0.29, 0.717) is 11.3 Å². The van der Waals surface area contributed by atoms with Gasteiger partial charge in [0.15, 0.2) is 0 Å². The summed E-state index contributed by atoms with van der Waals surface area (Å²) in [4.78, 5) is 17.8. The Morgan fingerprint density at radius 2 is 1.48 bits per heavy atom. The predicted octanol–water partition coefficient (Wildman–Crippen LogP) is 8.43. The number of nitrogens with one attached hydrogen (secondary N) is 1. The number of unbranched alkanes of at least 4 members (excludes halogenated alkanes) is 3. The van der Waals surface area contributed by atoms with Crippen LogP contribution in [-0.4, -0.2) is 5.97 Å². The molecule has 1 N–H and O–H groups in total. The Hall–Kier alpha value is -2.89. The molecule has 5 heteroatoms. The van der Waals surface area contributed by atoms with Crippen LogP contribution in [0.25, 0.3) is 9.75 Å². The van der Waals surface area contributed by atoms with E-state index in [1.54, 1.807) is 24.3 Å². The highest BCUT2D eigenvalue weighted by molar-refractivity contribution is 7.22. The number of carbonyl (C=O) groups excluding carboxylic acids is 1. The lowest BCUT2D eigenvalue weighted by molar-refractivity contribution is 0.0735. The standard InChI is InChI=1S/C28H29NO2S2/c1-2-3-4-8-11-24-16-18-26(32-24)27-19-17-25(33-27)20-29-22-14-12-21(13-15-22)28(30)31-23-9-6-5-7-10-23/h5-7,9-10,12-19,29H,2-4,8,11,20H2,1H3. The molecule has 2 heterocycles. The van der Waals surface area contributed by atoms with Crippen LogP contribution < -0.4 is 10.1 Å². The molecule has 0 unspecified atom stereocenters. The molecular weight excluding hydrogens is 446 g/mol. The van der Waals surface area contributed by atoms with Crippen molar-refractivity contribution in [2.75, 3.05) is 5.32 Å². The molecule has 3 nitrogen and oxygen atoms in total. The van der Waals surface area contributed by atoms with Crippen LogP contribution in [0.3, 0.4) is 0 Å². The predicted molar refractivity (Wildman–Crippen MR) is 141 cm³/mol. The number of aryl methyl sites for hydroxylation is 1. The zero-order valence-corrected chi connectivity index (χ0v) is 20.5. The Morgan fingerprint density at radius 1 is 0.788 bits per heavy atom. The molecule has 0 saturated carbocycles. The summed E-state index contributed by atoms with van der Waals surface area (Å²) in [6, 6.07) is 25.5. The van der Waals surface area contributed by atoms with Crippen molar-refractivity contribution in [3.8, 4) is 15.5 Å². The highest BCUT2D eigenvalue weighted by atomic mass is 32.1. The molecule has 0 bridgehead atoms. The maximum absolute atomic E-state index is 12.3. The molecule has 0 fully saturated rings. The van der Waals surface area contributed by atoms with Gasteiger partial charge in [-0.3, -0.25) is 0 Å². The van der Waals surface area contributed by atoms with E-state index in [1.165, 1.54) is 51.6 Å². The lowest BCUT2D eigenvalue weighted by Gasteiger charge is -2.07. The number of ether oxygens (including phenoxy) is 1. The van der Waals surface area contributed by atoms with Crippen LogP contribution in [0.4, 0.5) is 5.69 Å². The van der Waals surface area contributed by atoms with E-state index in [-0.39, 0.29) is 5.97 Å². The van der Waals surface area contributed by atoms with Crippen LogP contribution in [0.5, 0.6) is 5.75 Å². The number of benzene rings is 2. The van der Waals surface area contributed by atoms with Crippen molar-refractivity contribution in [2.24, 2.45) is 0 Å². The van der Waals surface area contributed by atoms with Crippen molar-refractivity contribution >= 4 is 34.3 Å². The molecule has 0 atom stereocenters. The summed E-state index contributed by atoms with van der Waals surface area (Å²) in [5.41, 5.74) is 1.51. The third-order valence-electron chi connectivity index (χ3n) is 5.38. The molecular formula is C28H29NO2S2. The van der Waals surface area contributed by atoms with Crippen LogP contribution in [-0.2, 0) is 13.0 Å². The minimum atomic E-state index is -0.351. The van der Waals surface area contributed by atoms with Gasteiger partial charge in [0.2, 0.25) is 0 Å². The van der Waals surface area contributed by atoms with Gasteiger partial charge in [0.1, 0.15) is 5.75 Å². The van der Waals surface area contributed by atoms with Gasteiger partial charge in [-0.25, -0.2) is 4.79 Å². The average Bonchev–Trinajstić information content (AvgIpc) is 3.51. The van der Waals surface area contributed by atoms with Crippen LogP contribution in [0, 0.1) is 0 Å². The van der Waals surface area contributed by atoms with Crippen molar-refractivity contribution in [3.63, 3.8) is 0 Å². The van der Waals surface area contributed by atoms with Crippen LogP contribution in [0.15, 0.2) is 78.9 Å². The maximum Gasteiger partial charge on any atom is 0.343 e. The fourth-order valence-corrected chi connectivity index (χ4v) is 5.63. The number of carbonyl (C=O) groups is 1. The van der Waals surface area contributed by atoms with E-state index in [9.17, 15) is 4.79 Å². The summed E-state index contributed by atoms with van der Waals surface area (Å²) in [6.07, 6.45) is 6.43. The lowest BCUT2D eigenvalue weighted by atomic mass is 10.1. The second-order valence-corrected chi connectivity index (χ2v) is 10.3. The van der Waals surface area contributed by atoms with Gasteiger partial charge in [-0.2, -0.15) is 0 Å². The van der Waals surface area contributed by atoms with Gasteiger partial charge in [0.05, 0.1) is 5.56 Å². The first-order valence-corrected chi connectivity index (χ1v) is 13.1. The summed E-state index contributed by atoms with van der Waals surface area (Å²) < 4.78 is 5.39. The average molecular weight is 476 g/mol. The van der Waals surface area contributed by atoms with E-state index >= 15 is 0 Å². The zero-order chi connectivity index (χ0) is 22.9. The third kappa shape index (κ3) is 6.80. The van der Waals surface area contributed by atoms with E-state index in [1.807, 2.05) is 53.0 Å². The maximum atomic E-state index is 12.3. The van der Waals surface area contributed by atoms with Gasteiger partial charge < -0.3 is 10.1 Å². The molecule has 4 aromatic rings. The number of anilines is 1. The minimum Gasteiger partial charge on any atom is -0.423 e. The number of thiophene rings is 2. The van der Waals surface area contributed by atoms with E-state index < -0.39 is 0 Å². The van der Waals surface area contributed by atoms with Gasteiger partial charge >= 0.3 is 5.97 Å². The van der Waals surface area contributed by atoms with Crippen molar-refractivity contribution in [1.82, 2.24) is 0 Å². The molecule has 33 heavy (non-hydrogen) atoms. The molecule has 2 aromatic heterocycles. The molecule has 0 amide bonds. The molecule has 0 spiro atoms. The molecule has 2 aromatic carbocycles. The Morgan fingerprint density at radius 3 is 2.21 bits per heavy atom. The van der Waals surface area contributed by atoms with Crippen molar-refractivity contribution in [2.45, 2.75) is 45.6 Å². The lowest BCUT2D eigenvalue weighted by Crippen LogP contribution is -2.08. The van der Waals surface area contributed by atoms with Crippen LogP contribution >= 0.6 is 22.7 Å². The summed E-state index contributed by atoms with van der Waals surface area (Å²) in [6.45, 7) is 3.01. The SMILES string of the molecule is CCCCCCc1ccc(-c2ccc(CNc3ccc(C(=O)Oc4ccccc4)cc3)s2)s1. The Labute approximate surface area is 204 Å². The molecule has 170 valence electrons. The minimum absolute atomic E-state index is 0.351. The zero-order valence-electron chi connectivity index (χ0n) is 18.9. The quantitative estimate of drug-likeness (QED) is 0.134. The second-order valence-electron chi connectivity index (χ2n) is 7.98. The summed E-state index contributed by atoms with van der Waals surface area (Å²) >= 11 is 3.76. The van der Waals surface area contributed by atoms with E-state index in [2.05, 4.69) is 36.5 Å². The largest absolute Gasteiger partial charge is 0.423 e. The number of hydrogen-bond acceptors (Lipinski definition) is 5. The molecule has 0 aliphatic carbocycles. The van der Waals surface area contributed by atoms with Gasteiger partial charge in [-0.05, 0) is 73.5 Å². The molecule has 0 saturated heterocycles. The Bertz CT molecular complexity index is 1150. The highest BCUT2D eigenvalue weighted by Crippen LogP contribution is 2.34. The fourth-order valence-electron chi connectivity index (χ4n) is 3.54. The summed E-state index contributed by atoms with van der Waals surface area (Å²) in [7, 11) is 0. The molecule has 0 radical (unpaired) electrons. The number of esters is 1. The first-order chi connectivity index (χ1) is 16.2. The number of rotatable bonds is 11. The van der Waals surface area contributed by atoms with E-state index in [0.717, 1.165) is 12.2 Å². The fraction of sp³-hybridized carbons (Fsp3) is 0.250. The van der Waals surface area contributed by atoms with Gasteiger partial charge in [-0.1, -0.05) is 44.4 Å². The van der Waals surface area contributed by atoms with Crippen molar-refractivity contribution < 1.29 is 9.53 Å². The van der Waals surface area contributed by atoms with Gasteiger partial charge in [-0.15, -0.1) is 22.7 Å². The van der Waals surface area contributed by atoms with Crippen LogP contribution in [0.2, 0.25) is 0 Å². The number of hydrogen-bond donors (Lipinski definition) is 1. The van der Waals surface area contributed by atoms with E-state index in [4.69, 9.17) is 4.74 Å². The monoisotopic (exact) mass is 475 g/mol. The smallest absolute Gasteiger partial charge is 0.343 e. The topological polar surface area (TPSA) is 38.3 Å².